The van der Waals surface area contributed by atoms with E-state index in [1.54, 1.807) is 12.0 Å². The van der Waals surface area contributed by atoms with Crippen LogP contribution in [0.3, 0.4) is 0 Å². The van der Waals surface area contributed by atoms with E-state index in [1.165, 1.54) is 5.56 Å². The highest BCUT2D eigenvalue weighted by molar-refractivity contribution is 5.77. The van der Waals surface area contributed by atoms with Gasteiger partial charge in [0, 0.05) is 25.0 Å². The van der Waals surface area contributed by atoms with Crippen LogP contribution in [0.25, 0.3) is 0 Å². The molecule has 1 unspecified atom stereocenters. The van der Waals surface area contributed by atoms with E-state index in [0.29, 0.717) is 26.1 Å². The topological polar surface area (TPSA) is 78.9 Å². The van der Waals surface area contributed by atoms with Crippen molar-refractivity contribution < 1.29 is 19.4 Å². The maximum Gasteiger partial charge on any atom is 0.317 e. The summed E-state index contributed by atoms with van der Waals surface area (Å²) in [4.78, 5) is 24.8. The highest BCUT2D eigenvalue weighted by atomic mass is 16.5. The van der Waals surface area contributed by atoms with Gasteiger partial charge in [-0.15, -0.1) is 0 Å². The van der Waals surface area contributed by atoms with Gasteiger partial charge in [0.05, 0.1) is 13.0 Å². The van der Waals surface area contributed by atoms with Crippen molar-refractivity contribution in [2.24, 2.45) is 5.92 Å². The Morgan fingerprint density at radius 3 is 2.83 bits per heavy atom. The second-order valence-electron chi connectivity index (χ2n) is 6.44. The molecule has 1 aromatic rings. The van der Waals surface area contributed by atoms with Crippen molar-refractivity contribution in [1.29, 1.82) is 0 Å². The number of likely N-dealkylation sites (tertiary alicyclic amines) is 1. The molecule has 0 aromatic heterocycles. The molecule has 6 heteroatoms. The minimum Gasteiger partial charge on any atom is -0.497 e. The van der Waals surface area contributed by atoms with Gasteiger partial charge in [-0.25, -0.2) is 4.79 Å². The number of hydrogen-bond acceptors (Lipinski definition) is 3. The van der Waals surface area contributed by atoms with E-state index in [9.17, 15) is 9.59 Å². The van der Waals surface area contributed by atoms with E-state index >= 15 is 0 Å². The van der Waals surface area contributed by atoms with Gasteiger partial charge in [0.2, 0.25) is 0 Å². The lowest BCUT2D eigenvalue weighted by Crippen LogP contribution is -2.42. The Balaban J connectivity index is 1.57. The summed E-state index contributed by atoms with van der Waals surface area (Å²) in [6, 6.07) is 7.80. The molecule has 1 saturated heterocycles. The lowest BCUT2D eigenvalue weighted by atomic mass is 9.96. The third-order valence-corrected chi connectivity index (χ3v) is 4.94. The van der Waals surface area contributed by atoms with Crippen molar-refractivity contribution in [3.8, 4) is 5.75 Å². The molecule has 1 aromatic carbocycles. The lowest BCUT2D eigenvalue weighted by molar-refractivity contribution is -0.141. The van der Waals surface area contributed by atoms with Gasteiger partial charge in [0.15, 0.2) is 0 Å². The van der Waals surface area contributed by atoms with Gasteiger partial charge >= 0.3 is 12.0 Å². The molecule has 23 heavy (non-hydrogen) atoms. The number of benzene rings is 1. The number of nitrogens with zero attached hydrogens (tertiary/aromatic N) is 1. The van der Waals surface area contributed by atoms with Crippen molar-refractivity contribution in [2.45, 2.75) is 24.7 Å². The van der Waals surface area contributed by atoms with Gasteiger partial charge in [-0.3, -0.25) is 4.79 Å². The number of carboxylic acid groups (broad SMARTS) is 1. The molecule has 124 valence electrons. The smallest absolute Gasteiger partial charge is 0.317 e. The fraction of sp³-hybridized carbons (Fsp3) is 0.529. The predicted molar refractivity (Wildman–Crippen MR) is 84.6 cm³/mol. The monoisotopic (exact) mass is 318 g/mol. The summed E-state index contributed by atoms with van der Waals surface area (Å²) in [6.45, 7) is 1.38. The van der Waals surface area contributed by atoms with Crippen LogP contribution in [0, 0.1) is 5.92 Å². The molecule has 1 atom stereocenters. The molecule has 0 bridgehead atoms. The Hall–Kier alpha value is -2.24. The fourth-order valence-electron chi connectivity index (χ4n) is 3.17. The van der Waals surface area contributed by atoms with Crippen LogP contribution < -0.4 is 10.1 Å². The van der Waals surface area contributed by atoms with Gasteiger partial charge in [0.25, 0.3) is 0 Å². The molecule has 2 amide bonds. The number of urea groups is 1. The highest BCUT2D eigenvalue weighted by Gasteiger charge is 2.45. The fourth-order valence-corrected chi connectivity index (χ4v) is 3.17. The summed E-state index contributed by atoms with van der Waals surface area (Å²) in [5.74, 6) is -0.437. The molecule has 1 aliphatic carbocycles. The standard InChI is InChI=1S/C17H22N2O4/c1-23-14-4-2-3-13(9-14)17(6-7-17)11-18-16(22)19-8-5-12(10-19)15(20)21/h2-4,9,12H,5-8,10-11H2,1H3,(H,18,22)(H,20,21). The Bertz CT molecular complexity index is 612. The molecule has 0 radical (unpaired) electrons. The summed E-state index contributed by atoms with van der Waals surface area (Å²) < 4.78 is 5.27. The number of methoxy groups -OCH3 is 1. The van der Waals surface area contributed by atoms with Gasteiger partial charge < -0.3 is 20.1 Å². The summed E-state index contributed by atoms with van der Waals surface area (Å²) in [5.41, 5.74) is 1.18. The third-order valence-electron chi connectivity index (χ3n) is 4.94. The number of ether oxygens (including phenoxy) is 1. The first kappa shape index (κ1) is 15.6. The number of nitrogens with one attached hydrogen (secondary N) is 1. The van der Waals surface area contributed by atoms with Crippen LogP contribution >= 0.6 is 0 Å². The minimum absolute atomic E-state index is 0.00385. The maximum atomic E-state index is 12.2. The number of rotatable bonds is 5. The number of amides is 2. The molecule has 0 spiro atoms. The van der Waals surface area contributed by atoms with Gasteiger partial charge in [-0.05, 0) is 37.0 Å². The Morgan fingerprint density at radius 1 is 1.43 bits per heavy atom. The molecular formula is C17H22N2O4. The van der Waals surface area contributed by atoms with E-state index in [1.807, 2.05) is 18.2 Å². The van der Waals surface area contributed by atoms with Crippen molar-refractivity contribution in [3.05, 3.63) is 29.8 Å². The molecule has 3 rings (SSSR count). The van der Waals surface area contributed by atoms with Crippen LogP contribution in [-0.4, -0.2) is 48.8 Å². The Morgan fingerprint density at radius 2 is 2.22 bits per heavy atom. The zero-order valence-electron chi connectivity index (χ0n) is 13.2. The van der Waals surface area contributed by atoms with Crippen LogP contribution in [0.2, 0.25) is 0 Å². The summed E-state index contributed by atoms with van der Waals surface area (Å²) >= 11 is 0. The number of aliphatic carboxylic acids is 1. The molecule has 2 fully saturated rings. The molecular weight excluding hydrogens is 296 g/mol. The third kappa shape index (κ3) is 3.25. The molecule has 2 aliphatic rings. The second kappa shape index (κ2) is 6.10. The average Bonchev–Trinajstić information content (AvgIpc) is 3.19. The highest BCUT2D eigenvalue weighted by Crippen LogP contribution is 2.48. The van der Waals surface area contributed by atoms with Crippen molar-refractivity contribution in [1.82, 2.24) is 10.2 Å². The molecule has 1 heterocycles. The van der Waals surface area contributed by atoms with E-state index in [-0.39, 0.29) is 11.4 Å². The van der Waals surface area contributed by atoms with E-state index in [2.05, 4.69) is 11.4 Å². The largest absolute Gasteiger partial charge is 0.497 e. The molecule has 6 nitrogen and oxygen atoms in total. The first-order valence-corrected chi connectivity index (χ1v) is 7.94. The first-order chi connectivity index (χ1) is 11.0. The summed E-state index contributed by atoms with van der Waals surface area (Å²) in [5, 5.41) is 12.0. The summed E-state index contributed by atoms with van der Waals surface area (Å²) in [6.07, 6.45) is 2.61. The maximum absolute atomic E-state index is 12.2. The lowest BCUT2D eigenvalue weighted by Gasteiger charge is -2.21. The summed E-state index contributed by atoms with van der Waals surface area (Å²) in [7, 11) is 1.65. The number of carbonyl (C=O) groups excluding carboxylic acids is 1. The van der Waals surface area contributed by atoms with Gasteiger partial charge in [-0.2, -0.15) is 0 Å². The van der Waals surface area contributed by atoms with Gasteiger partial charge in [0.1, 0.15) is 5.75 Å². The van der Waals surface area contributed by atoms with Crippen molar-refractivity contribution in [2.75, 3.05) is 26.7 Å². The molecule has 1 saturated carbocycles. The van der Waals surface area contributed by atoms with Crippen LogP contribution in [-0.2, 0) is 10.2 Å². The van der Waals surface area contributed by atoms with Crippen molar-refractivity contribution in [3.63, 3.8) is 0 Å². The minimum atomic E-state index is -0.824. The molecule has 1 aliphatic heterocycles. The Labute approximate surface area is 135 Å². The number of carboxylic acids is 1. The predicted octanol–water partition coefficient (Wildman–Crippen LogP) is 1.84. The second-order valence-corrected chi connectivity index (χ2v) is 6.44. The van der Waals surface area contributed by atoms with Crippen LogP contribution in [0.5, 0.6) is 5.75 Å². The molecule has 2 N–H and O–H groups in total. The van der Waals surface area contributed by atoms with Crippen LogP contribution in [0.15, 0.2) is 24.3 Å². The number of hydrogen-bond donors (Lipinski definition) is 2. The quantitative estimate of drug-likeness (QED) is 0.868. The van der Waals surface area contributed by atoms with Crippen LogP contribution in [0.4, 0.5) is 4.79 Å². The van der Waals surface area contributed by atoms with Gasteiger partial charge in [-0.1, -0.05) is 12.1 Å². The Kier molecular flexibility index (Phi) is 4.15. The zero-order chi connectivity index (χ0) is 16.4. The van der Waals surface area contributed by atoms with E-state index in [4.69, 9.17) is 9.84 Å². The SMILES string of the molecule is COc1cccc(C2(CNC(=O)N3CCC(C(=O)O)C3)CC2)c1. The normalized spacial score (nSPS) is 21.8. The first-order valence-electron chi connectivity index (χ1n) is 7.94. The number of carbonyl (C=O) groups is 2. The van der Waals surface area contributed by atoms with Crippen LogP contribution in [0.1, 0.15) is 24.8 Å². The van der Waals surface area contributed by atoms with E-state index < -0.39 is 11.9 Å². The zero-order valence-corrected chi connectivity index (χ0v) is 13.2. The van der Waals surface area contributed by atoms with Crippen molar-refractivity contribution >= 4 is 12.0 Å². The van der Waals surface area contributed by atoms with E-state index in [0.717, 1.165) is 18.6 Å². The average molecular weight is 318 g/mol.